The van der Waals surface area contributed by atoms with Crippen LogP contribution in [0.1, 0.15) is 37.3 Å². The number of anilines is 2. The van der Waals surface area contributed by atoms with Crippen molar-refractivity contribution in [2.45, 2.75) is 43.9 Å². The van der Waals surface area contributed by atoms with E-state index >= 15 is 0 Å². The summed E-state index contributed by atoms with van der Waals surface area (Å²) in [4.78, 5) is 28.2. The van der Waals surface area contributed by atoms with Crippen LogP contribution in [0.4, 0.5) is 15.8 Å². The van der Waals surface area contributed by atoms with E-state index in [1.807, 2.05) is 11.0 Å². The zero-order chi connectivity index (χ0) is 30.7. The molecule has 3 aromatic rings. The van der Waals surface area contributed by atoms with Crippen molar-refractivity contribution in [3.05, 3.63) is 84.6 Å². The van der Waals surface area contributed by atoms with E-state index in [0.717, 1.165) is 5.56 Å². The molecule has 1 amide bonds. The fraction of sp³-hybridized carbons (Fsp3) is 0.281. The number of nitrogens with two attached hydrogens (primary N) is 1. The molecule has 5 rings (SSSR count). The normalized spacial score (nSPS) is 19.5. The fourth-order valence-electron chi connectivity index (χ4n) is 5.42. The molecule has 0 unspecified atom stereocenters. The maximum absolute atomic E-state index is 14.8. The summed E-state index contributed by atoms with van der Waals surface area (Å²) in [6.07, 6.45) is 6.31. The van der Waals surface area contributed by atoms with Gasteiger partial charge in [0.15, 0.2) is 5.84 Å². The van der Waals surface area contributed by atoms with Gasteiger partial charge in [-0.25, -0.2) is 14.4 Å². The van der Waals surface area contributed by atoms with Gasteiger partial charge < -0.3 is 25.8 Å². The van der Waals surface area contributed by atoms with Gasteiger partial charge >= 0.3 is 0 Å². The van der Waals surface area contributed by atoms with Crippen molar-refractivity contribution in [2.24, 2.45) is 15.7 Å². The Morgan fingerprint density at radius 1 is 1.35 bits per heavy atom. The first-order valence-electron chi connectivity index (χ1n) is 13.8. The molecule has 0 spiro atoms. The molecule has 2 fully saturated rings. The van der Waals surface area contributed by atoms with Crippen LogP contribution >= 0.6 is 0 Å². The molecule has 1 aliphatic carbocycles. The Hall–Kier alpha value is -4.92. The lowest BCUT2D eigenvalue weighted by Gasteiger charge is -2.32. The SMILES string of the molecule is C=C/N=C(\N=C(/C)C(=O)Nc1ccc(-c2cnccc2C#N)cc1N1C[C@@H](N)C[C@H]1C1(O)CC1)c1c(F)cccc1OC. The summed E-state index contributed by atoms with van der Waals surface area (Å²) in [5.41, 5.74) is 8.43. The van der Waals surface area contributed by atoms with Crippen molar-refractivity contribution in [1.82, 2.24) is 4.98 Å². The van der Waals surface area contributed by atoms with Crippen LogP contribution in [0.3, 0.4) is 0 Å². The number of methoxy groups -OCH3 is 1. The van der Waals surface area contributed by atoms with Gasteiger partial charge in [-0.15, -0.1) is 0 Å². The first-order valence-corrected chi connectivity index (χ1v) is 13.8. The largest absolute Gasteiger partial charge is 0.496 e. The molecule has 1 saturated heterocycles. The minimum atomic E-state index is -0.857. The summed E-state index contributed by atoms with van der Waals surface area (Å²) in [7, 11) is 1.40. The van der Waals surface area contributed by atoms with Crippen LogP contribution in [0.15, 0.2) is 77.6 Å². The average Bonchev–Trinajstić information content (AvgIpc) is 3.63. The fourth-order valence-corrected chi connectivity index (χ4v) is 5.42. The molecule has 220 valence electrons. The van der Waals surface area contributed by atoms with E-state index in [2.05, 4.69) is 32.9 Å². The van der Waals surface area contributed by atoms with Gasteiger partial charge in [0, 0.05) is 36.7 Å². The maximum Gasteiger partial charge on any atom is 0.269 e. The van der Waals surface area contributed by atoms with E-state index in [1.54, 1.807) is 36.7 Å². The summed E-state index contributed by atoms with van der Waals surface area (Å²) in [6.45, 7) is 5.55. The second kappa shape index (κ2) is 12.1. The molecular formula is C32H32FN7O3. The standard InChI is InChI=1S/C32H32FN7O3/c1-4-37-30(29-24(33)6-5-7-27(29)43-3)38-19(2)31(41)39-25-9-8-20(23-17-36-13-10-21(23)16-34)14-26(25)40-18-22(35)15-28(40)32(42)11-12-32/h4-10,13-14,17,22,28,42H,1,11-12,15,18,35H2,2-3H3,(H,39,41)/b37-30-,38-19+/t22-,28-/m0/s1. The number of nitrogens with zero attached hydrogens (tertiary/aromatic N) is 5. The number of ether oxygens (including phenoxy) is 1. The monoisotopic (exact) mass is 581 g/mol. The van der Waals surface area contributed by atoms with Crippen LogP contribution < -0.4 is 20.7 Å². The quantitative estimate of drug-likeness (QED) is 0.267. The van der Waals surface area contributed by atoms with Gasteiger partial charge in [-0.2, -0.15) is 5.26 Å². The number of rotatable bonds is 8. The number of benzene rings is 2. The number of amidine groups is 1. The van der Waals surface area contributed by atoms with Crippen LogP contribution in [-0.2, 0) is 4.79 Å². The number of aliphatic imine (C=N–C) groups is 2. The van der Waals surface area contributed by atoms with Crippen molar-refractivity contribution in [3.63, 3.8) is 0 Å². The number of carbonyl (C=O) groups is 1. The van der Waals surface area contributed by atoms with Gasteiger partial charge in [0.2, 0.25) is 0 Å². The predicted molar refractivity (Wildman–Crippen MR) is 164 cm³/mol. The number of aliphatic hydroxyl groups is 1. The zero-order valence-corrected chi connectivity index (χ0v) is 23.9. The molecule has 0 radical (unpaired) electrons. The minimum Gasteiger partial charge on any atom is -0.496 e. The number of amides is 1. The van der Waals surface area contributed by atoms with Gasteiger partial charge in [0.05, 0.1) is 47.3 Å². The van der Waals surface area contributed by atoms with Gasteiger partial charge in [0.1, 0.15) is 17.3 Å². The molecule has 2 aromatic carbocycles. The number of nitriles is 1. The summed E-state index contributed by atoms with van der Waals surface area (Å²) in [5, 5.41) is 23.7. The molecule has 1 saturated carbocycles. The Labute approximate surface area is 249 Å². The molecule has 1 aromatic heterocycles. The summed E-state index contributed by atoms with van der Waals surface area (Å²) >= 11 is 0. The lowest BCUT2D eigenvalue weighted by Crippen LogP contribution is -2.41. The molecule has 0 bridgehead atoms. The van der Waals surface area contributed by atoms with E-state index in [4.69, 9.17) is 10.5 Å². The van der Waals surface area contributed by atoms with Crippen molar-refractivity contribution in [2.75, 3.05) is 23.9 Å². The number of nitrogens with one attached hydrogen (secondary N) is 1. The first kappa shape index (κ1) is 29.6. The van der Waals surface area contributed by atoms with Crippen molar-refractivity contribution in [3.8, 4) is 22.9 Å². The maximum atomic E-state index is 14.8. The third-order valence-electron chi connectivity index (χ3n) is 7.76. The Kier molecular flexibility index (Phi) is 8.34. The number of pyridine rings is 1. The molecule has 43 heavy (non-hydrogen) atoms. The highest BCUT2D eigenvalue weighted by molar-refractivity contribution is 6.44. The summed E-state index contributed by atoms with van der Waals surface area (Å²) in [6, 6.07) is 13.1. The van der Waals surface area contributed by atoms with E-state index in [0.29, 0.717) is 48.3 Å². The Balaban J connectivity index is 1.54. The molecule has 11 heteroatoms. The van der Waals surface area contributed by atoms with Crippen LogP contribution in [0.25, 0.3) is 11.1 Å². The number of hydrogen-bond acceptors (Lipinski definition) is 8. The molecule has 2 aliphatic rings. The van der Waals surface area contributed by atoms with Gasteiger partial charge in [-0.05, 0) is 62.1 Å². The van der Waals surface area contributed by atoms with Crippen molar-refractivity contribution in [1.29, 1.82) is 5.26 Å². The number of halogens is 1. The number of hydrogen-bond donors (Lipinski definition) is 3. The van der Waals surface area contributed by atoms with Crippen LogP contribution in [-0.4, -0.2) is 58.9 Å². The van der Waals surface area contributed by atoms with E-state index in [1.165, 1.54) is 32.4 Å². The molecule has 10 nitrogen and oxygen atoms in total. The molecule has 1 aliphatic heterocycles. The smallest absolute Gasteiger partial charge is 0.269 e. The Morgan fingerprint density at radius 3 is 2.84 bits per heavy atom. The predicted octanol–water partition coefficient (Wildman–Crippen LogP) is 4.19. The van der Waals surface area contributed by atoms with Crippen molar-refractivity contribution < 1.29 is 19.0 Å². The molecular weight excluding hydrogens is 549 g/mol. The third-order valence-corrected chi connectivity index (χ3v) is 7.76. The number of carbonyl (C=O) groups excluding carboxylic acids is 1. The van der Waals surface area contributed by atoms with Crippen molar-refractivity contribution >= 4 is 28.8 Å². The Bertz CT molecular complexity index is 1680. The van der Waals surface area contributed by atoms with Crippen LogP contribution in [0, 0.1) is 17.1 Å². The second-order valence-corrected chi connectivity index (χ2v) is 10.6. The minimum absolute atomic E-state index is 0.00145. The summed E-state index contributed by atoms with van der Waals surface area (Å²) < 4.78 is 20.1. The molecule has 2 heterocycles. The highest BCUT2D eigenvalue weighted by atomic mass is 19.1. The average molecular weight is 582 g/mol. The highest BCUT2D eigenvalue weighted by Crippen LogP contribution is 2.47. The summed E-state index contributed by atoms with van der Waals surface area (Å²) in [5.74, 6) is -1.03. The van der Waals surface area contributed by atoms with E-state index < -0.39 is 17.3 Å². The Morgan fingerprint density at radius 2 is 2.14 bits per heavy atom. The molecule has 2 atom stereocenters. The number of aromatic nitrogens is 1. The van der Waals surface area contributed by atoms with Crippen LogP contribution in [0.2, 0.25) is 0 Å². The van der Waals surface area contributed by atoms with E-state index in [-0.39, 0.29) is 34.9 Å². The lowest BCUT2D eigenvalue weighted by atomic mass is 10.00. The molecule has 4 N–H and O–H groups in total. The van der Waals surface area contributed by atoms with Gasteiger partial charge in [0.25, 0.3) is 5.91 Å². The third kappa shape index (κ3) is 6.02. The highest BCUT2D eigenvalue weighted by Gasteiger charge is 2.53. The first-order chi connectivity index (χ1) is 20.7. The van der Waals surface area contributed by atoms with Gasteiger partial charge in [-0.3, -0.25) is 9.78 Å². The topological polar surface area (TPSA) is 149 Å². The van der Waals surface area contributed by atoms with E-state index in [9.17, 15) is 19.6 Å². The van der Waals surface area contributed by atoms with Crippen LogP contribution in [0.5, 0.6) is 5.75 Å². The zero-order valence-electron chi connectivity index (χ0n) is 23.9. The van der Waals surface area contributed by atoms with Gasteiger partial charge in [-0.1, -0.05) is 18.7 Å². The lowest BCUT2D eigenvalue weighted by molar-refractivity contribution is -0.110. The second-order valence-electron chi connectivity index (χ2n) is 10.6.